The van der Waals surface area contributed by atoms with Crippen LogP contribution in [0.2, 0.25) is 0 Å². The molecule has 3 rings (SSSR count). The highest BCUT2D eigenvalue weighted by Crippen LogP contribution is 2.58. The summed E-state index contributed by atoms with van der Waals surface area (Å²) in [6.07, 6.45) is 8.56. The average molecular weight is 304 g/mol. The lowest BCUT2D eigenvalue weighted by atomic mass is 9.63. The van der Waals surface area contributed by atoms with Crippen LogP contribution >= 0.6 is 0 Å². The Kier molecular flexibility index (Phi) is 3.86. The summed E-state index contributed by atoms with van der Waals surface area (Å²) in [5, 5.41) is 0. The topological polar surface area (TPSA) is 61.8 Å². The molecule has 3 aliphatic rings. The number of ether oxygens (including phenoxy) is 2. The molecule has 0 N–H and O–H groups in total. The van der Waals surface area contributed by atoms with Crippen molar-refractivity contribution in [3.63, 3.8) is 0 Å². The quantitative estimate of drug-likeness (QED) is 0.747. The van der Waals surface area contributed by atoms with E-state index >= 15 is 0 Å². The minimum Gasteiger partial charge on any atom is -0.347 e. The highest BCUT2D eigenvalue weighted by Gasteiger charge is 2.62. The normalized spacial score (nSPS) is 37.0. The predicted octanol–water partition coefficient (Wildman–Crippen LogP) is 2.07. The smallest absolute Gasteiger partial charge is 0.264 e. The lowest BCUT2D eigenvalue weighted by Crippen LogP contribution is -2.58. The second-order valence-electron chi connectivity index (χ2n) is 6.45. The van der Waals surface area contributed by atoms with Crippen molar-refractivity contribution >= 4 is 10.1 Å². The summed E-state index contributed by atoms with van der Waals surface area (Å²) >= 11 is 0. The summed E-state index contributed by atoms with van der Waals surface area (Å²) in [5.41, 5.74) is -0.300. The molecule has 1 spiro atoms. The zero-order chi connectivity index (χ0) is 14.3. The average Bonchev–Trinajstić information content (AvgIpc) is 2.83. The number of hydrogen-bond donors (Lipinski definition) is 0. The molecule has 3 fully saturated rings. The zero-order valence-corrected chi connectivity index (χ0v) is 12.9. The summed E-state index contributed by atoms with van der Waals surface area (Å²) in [7, 11) is -3.43. The third kappa shape index (κ3) is 2.40. The fraction of sp³-hybridized carbons (Fsp3) is 1.00. The van der Waals surface area contributed by atoms with E-state index in [0.29, 0.717) is 19.1 Å². The molecule has 1 heterocycles. The van der Waals surface area contributed by atoms with Crippen LogP contribution in [0.3, 0.4) is 0 Å². The first-order valence-electron chi connectivity index (χ1n) is 7.60. The van der Waals surface area contributed by atoms with Gasteiger partial charge in [-0.15, -0.1) is 0 Å². The van der Waals surface area contributed by atoms with Gasteiger partial charge in [-0.05, 0) is 25.7 Å². The zero-order valence-electron chi connectivity index (χ0n) is 12.1. The van der Waals surface area contributed by atoms with E-state index < -0.39 is 15.9 Å². The Balaban J connectivity index is 1.93. The lowest BCUT2D eigenvalue weighted by molar-refractivity contribution is -0.291. The minimum absolute atomic E-state index is 0.197. The van der Waals surface area contributed by atoms with E-state index in [1.165, 1.54) is 6.42 Å². The van der Waals surface area contributed by atoms with E-state index in [4.69, 9.17) is 13.7 Å². The Labute approximate surface area is 121 Å². The fourth-order valence-corrected chi connectivity index (χ4v) is 4.85. The van der Waals surface area contributed by atoms with E-state index in [2.05, 4.69) is 0 Å². The molecule has 5 nitrogen and oxygen atoms in total. The molecule has 0 aromatic carbocycles. The van der Waals surface area contributed by atoms with Crippen LogP contribution < -0.4 is 0 Å². The molecule has 1 saturated heterocycles. The molecule has 0 unspecified atom stereocenters. The van der Waals surface area contributed by atoms with E-state index in [0.717, 1.165) is 44.8 Å². The molecule has 0 aromatic rings. The second kappa shape index (κ2) is 5.23. The monoisotopic (exact) mass is 304 g/mol. The van der Waals surface area contributed by atoms with Gasteiger partial charge in [0.05, 0.1) is 26.1 Å². The van der Waals surface area contributed by atoms with Gasteiger partial charge in [-0.2, -0.15) is 8.42 Å². The van der Waals surface area contributed by atoms with Gasteiger partial charge in [0.25, 0.3) is 10.1 Å². The summed E-state index contributed by atoms with van der Waals surface area (Å²) in [6.45, 7) is 1.41. The second-order valence-corrected chi connectivity index (χ2v) is 8.09. The molecule has 2 atom stereocenters. The molecule has 0 amide bonds. The van der Waals surface area contributed by atoms with Gasteiger partial charge in [0.15, 0.2) is 5.79 Å². The van der Waals surface area contributed by atoms with Gasteiger partial charge in [0, 0.05) is 11.3 Å². The van der Waals surface area contributed by atoms with Gasteiger partial charge in [-0.1, -0.05) is 19.3 Å². The molecule has 0 radical (unpaired) electrons. The van der Waals surface area contributed by atoms with Crippen LogP contribution in [0.5, 0.6) is 0 Å². The van der Waals surface area contributed by atoms with E-state index in [-0.39, 0.29) is 12.0 Å². The third-order valence-electron chi connectivity index (χ3n) is 5.21. The third-order valence-corrected chi connectivity index (χ3v) is 5.75. The highest BCUT2D eigenvalue weighted by molar-refractivity contribution is 7.85. The van der Waals surface area contributed by atoms with Crippen LogP contribution in [0.25, 0.3) is 0 Å². The summed E-state index contributed by atoms with van der Waals surface area (Å²) in [6, 6.07) is 0. The maximum atomic E-state index is 11.4. The van der Waals surface area contributed by atoms with Crippen molar-refractivity contribution < 1.29 is 22.1 Å². The molecule has 20 heavy (non-hydrogen) atoms. The van der Waals surface area contributed by atoms with Crippen molar-refractivity contribution in [1.82, 2.24) is 0 Å². The Morgan fingerprint density at radius 3 is 2.45 bits per heavy atom. The molecule has 116 valence electrons. The summed E-state index contributed by atoms with van der Waals surface area (Å²) in [5.74, 6) is -0.226. The van der Waals surface area contributed by atoms with Crippen molar-refractivity contribution in [2.24, 2.45) is 11.3 Å². The van der Waals surface area contributed by atoms with Gasteiger partial charge >= 0.3 is 0 Å². The van der Waals surface area contributed by atoms with E-state index in [1.807, 2.05) is 0 Å². The first kappa shape index (κ1) is 14.8. The molecule has 6 heteroatoms. The van der Waals surface area contributed by atoms with Crippen molar-refractivity contribution in [3.05, 3.63) is 0 Å². The molecular weight excluding hydrogens is 280 g/mol. The summed E-state index contributed by atoms with van der Waals surface area (Å²) in [4.78, 5) is 0. The SMILES string of the molecule is CS(=O)(=O)OC[C@]12CCCC[C@@H](CCC1)C21OCCO1. The Morgan fingerprint density at radius 2 is 1.75 bits per heavy atom. The Morgan fingerprint density at radius 1 is 1.10 bits per heavy atom. The lowest BCUT2D eigenvalue weighted by Gasteiger charge is -2.52. The standard InChI is InChI=1S/C14H24O5S/c1-20(15,16)19-11-13-7-3-2-5-12(6-4-8-13)14(13)17-9-10-18-14/h12H,2-11H2,1H3/t12-,13-/m0/s1. The van der Waals surface area contributed by atoms with Gasteiger partial charge < -0.3 is 9.47 Å². The van der Waals surface area contributed by atoms with Crippen LogP contribution in [-0.4, -0.2) is 40.3 Å². The van der Waals surface area contributed by atoms with Gasteiger partial charge in [0.2, 0.25) is 0 Å². The number of hydrogen-bond acceptors (Lipinski definition) is 5. The molecule has 2 bridgehead atoms. The van der Waals surface area contributed by atoms with Crippen LogP contribution in [0.4, 0.5) is 0 Å². The first-order valence-corrected chi connectivity index (χ1v) is 9.41. The molecule has 2 aliphatic carbocycles. The highest BCUT2D eigenvalue weighted by atomic mass is 32.2. The summed E-state index contributed by atoms with van der Waals surface area (Å²) < 4.78 is 40.2. The van der Waals surface area contributed by atoms with E-state index in [9.17, 15) is 8.42 Å². The maximum absolute atomic E-state index is 11.4. The van der Waals surface area contributed by atoms with Crippen LogP contribution in [-0.2, 0) is 23.8 Å². The van der Waals surface area contributed by atoms with Crippen molar-refractivity contribution in [2.75, 3.05) is 26.1 Å². The first-order chi connectivity index (χ1) is 9.48. The van der Waals surface area contributed by atoms with E-state index in [1.54, 1.807) is 0 Å². The number of rotatable bonds is 3. The Hall–Kier alpha value is -0.170. The predicted molar refractivity (Wildman–Crippen MR) is 73.7 cm³/mol. The molecule has 2 saturated carbocycles. The molecule has 1 aliphatic heterocycles. The van der Waals surface area contributed by atoms with Crippen molar-refractivity contribution in [2.45, 2.75) is 50.7 Å². The fourth-order valence-electron chi connectivity index (χ4n) is 4.41. The van der Waals surface area contributed by atoms with Crippen molar-refractivity contribution in [3.8, 4) is 0 Å². The largest absolute Gasteiger partial charge is 0.347 e. The molecule has 0 aromatic heterocycles. The minimum atomic E-state index is -3.43. The van der Waals surface area contributed by atoms with Gasteiger partial charge in [0.1, 0.15) is 0 Å². The van der Waals surface area contributed by atoms with Crippen LogP contribution in [0, 0.1) is 11.3 Å². The van der Waals surface area contributed by atoms with Gasteiger partial charge in [-0.3, -0.25) is 4.18 Å². The molecular formula is C14H24O5S. The maximum Gasteiger partial charge on any atom is 0.264 e. The van der Waals surface area contributed by atoms with Crippen LogP contribution in [0.15, 0.2) is 0 Å². The van der Waals surface area contributed by atoms with Gasteiger partial charge in [-0.25, -0.2) is 0 Å². The van der Waals surface area contributed by atoms with Crippen LogP contribution in [0.1, 0.15) is 44.9 Å². The Bertz CT molecular complexity index is 454. The van der Waals surface area contributed by atoms with Crippen molar-refractivity contribution in [1.29, 1.82) is 0 Å².